The summed E-state index contributed by atoms with van der Waals surface area (Å²) in [6.07, 6.45) is 3.01. The Kier molecular flexibility index (Phi) is 4.35. The fourth-order valence-corrected chi connectivity index (χ4v) is 2.21. The summed E-state index contributed by atoms with van der Waals surface area (Å²) >= 11 is 4.80. The number of aromatic nitrogens is 3. The lowest BCUT2D eigenvalue weighted by Crippen LogP contribution is -2.02. The monoisotopic (exact) mass is 282 g/mol. The van der Waals surface area contributed by atoms with Crippen molar-refractivity contribution < 1.29 is 4.55 Å². The van der Waals surface area contributed by atoms with Gasteiger partial charge >= 0.3 is 0 Å². The standard InChI is InChI=1S/C11H11ClN4OS/c1-18(17)6-8-3-2-4-9(5-8)15-11-14-7-13-10(12)16-11/h2-5,7H,6H2,1H3,(H,13,14,15,16). The second kappa shape index (κ2) is 5.99. The lowest BCUT2D eigenvalue weighted by Gasteiger charge is -2.08. The molecule has 7 heteroatoms. The van der Waals surface area contributed by atoms with Crippen LogP contribution in [0.2, 0.25) is 5.28 Å². The summed E-state index contributed by atoms with van der Waals surface area (Å²) in [5, 5.41) is 3.15. The second-order valence-corrected chi connectivity index (χ2v) is 5.39. The quantitative estimate of drug-likeness (QED) is 0.870. The molecule has 0 amide bonds. The molecular formula is C11H11ClN4OS. The van der Waals surface area contributed by atoms with Crippen molar-refractivity contribution in [2.24, 2.45) is 0 Å². The minimum Gasteiger partial charge on any atom is -0.616 e. The summed E-state index contributed by atoms with van der Waals surface area (Å²) in [4.78, 5) is 11.6. The number of nitrogens with zero attached hydrogens (tertiary/aromatic N) is 3. The van der Waals surface area contributed by atoms with E-state index in [0.29, 0.717) is 11.7 Å². The molecule has 2 aromatic rings. The Balaban J connectivity index is 2.14. The van der Waals surface area contributed by atoms with Crippen molar-refractivity contribution in [3.8, 4) is 0 Å². The van der Waals surface area contributed by atoms with Crippen LogP contribution in [0.4, 0.5) is 11.6 Å². The van der Waals surface area contributed by atoms with E-state index >= 15 is 0 Å². The van der Waals surface area contributed by atoms with E-state index in [1.54, 1.807) is 6.26 Å². The first-order valence-corrected chi connectivity index (χ1v) is 7.24. The van der Waals surface area contributed by atoms with Crippen molar-refractivity contribution in [1.82, 2.24) is 15.0 Å². The molecule has 0 aliphatic carbocycles. The van der Waals surface area contributed by atoms with Crippen molar-refractivity contribution in [2.45, 2.75) is 5.75 Å². The molecular weight excluding hydrogens is 272 g/mol. The summed E-state index contributed by atoms with van der Waals surface area (Å²) in [6.45, 7) is 0. The highest BCUT2D eigenvalue weighted by Gasteiger charge is 2.04. The molecule has 18 heavy (non-hydrogen) atoms. The van der Waals surface area contributed by atoms with Gasteiger partial charge in [0, 0.05) is 11.3 Å². The van der Waals surface area contributed by atoms with Gasteiger partial charge in [0.2, 0.25) is 11.2 Å². The van der Waals surface area contributed by atoms with Crippen LogP contribution in [-0.4, -0.2) is 25.8 Å². The number of hydrogen-bond acceptors (Lipinski definition) is 5. The second-order valence-electron chi connectivity index (χ2n) is 3.62. The first-order valence-electron chi connectivity index (χ1n) is 5.14. The Bertz CT molecular complexity index is 538. The third-order valence-electron chi connectivity index (χ3n) is 2.10. The van der Waals surface area contributed by atoms with Gasteiger partial charge < -0.3 is 9.87 Å². The van der Waals surface area contributed by atoms with Crippen LogP contribution >= 0.6 is 11.6 Å². The Hall–Kier alpha value is -1.37. The Morgan fingerprint density at radius 2 is 2.22 bits per heavy atom. The van der Waals surface area contributed by atoms with Gasteiger partial charge in [-0.1, -0.05) is 23.3 Å². The number of anilines is 2. The van der Waals surface area contributed by atoms with Gasteiger partial charge in [-0.2, -0.15) is 4.98 Å². The molecule has 0 aliphatic rings. The van der Waals surface area contributed by atoms with E-state index in [9.17, 15) is 4.55 Å². The van der Waals surface area contributed by atoms with E-state index in [2.05, 4.69) is 20.3 Å². The Morgan fingerprint density at radius 3 is 2.94 bits per heavy atom. The highest BCUT2D eigenvalue weighted by Crippen LogP contribution is 2.16. The van der Waals surface area contributed by atoms with Gasteiger partial charge in [-0.3, -0.25) is 0 Å². The van der Waals surface area contributed by atoms with Crippen molar-refractivity contribution >= 4 is 34.4 Å². The lowest BCUT2D eigenvalue weighted by atomic mass is 10.2. The maximum atomic E-state index is 11.2. The molecule has 94 valence electrons. The van der Waals surface area contributed by atoms with Crippen LogP contribution in [0.25, 0.3) is 0 Å². The molecule has 0 saturated heterocycles. The summed E-state index contributed by atoms with van der Waals surface area (Å²) in [5.74, 6) is 0.901. The summed E-state index contributed by atoms with van der Waals surface area (Å²) in [6, 6.07) is 7.58. The van der Waals surface area contributed by atoms with Gasteiger partial charge in [-0.25, -0.2) is 9.97 Å². The van der Waals surface area contributed by atoms with Crippen LogP contribution in [0.15, 0.2) is 30.6 Å². The molecule has 0 bridgehead atoms. The number of benzene rings is 1. The first-order chi connectivity index (χ1) is 8.63. The highest BCUT2D eigenvalue weighted by molar-refractivity contribution is 7.89. The number of halogens is 1. The molecule has 1 unspecified atom stereocenters. The van der Waals surface area contributed by atoms with Crippen LogP contribution < -0.4 is 5.32 Å². The topological polar surface area (TPSA) is 73.8 Å². The molecule has 1 aromatic heterocycles. The zero-order valence-corrected chi connectivity index (χ0v) is 11.2. The average molecular weight is 283 g/mol. The molecule has 1 heterocycles. The Labute approximate surface area is 113 Å². The first kappa shape index (κ1) is 13.1. The molecule has 0 fully saturated rings. The van der Waals surface area contributed by atoms with E-state index in [1.165, 1.54) is 6.33 Å². The SMILES string of the molecule is C[S+]([O-])Cc1cccc(Nc2ncnc(Cl)n2)c1. The van der Waals surface area contributed by atoms with Crippen LogP contribution in [0.1, 0.15) is 5.56 Å². The Morgan fingerprint density at radius 1 is 1.39 bits per heavy atom. The van der Waals surface area contributed by atoms with Crippen LogP contribution in [0.3, 0.4) is 0 Å². The van der Waals surface area contributed by atoms with E-state index in [4.69, 9.17) is 11.6 Å². The van der Waals surface area contributed by atoms with Gasteiger partial charge in [0.15, 0.2) is 0 Å². The maximum Gasteiger partial charge on any atom is 0.231 e. The number of rotatable bonds is 4. The minimum absolute atomic E-state index is 0.137. The summed E-state index contributed by atoms with van der Waals surface area (Å²) < 4.78 is 11.2. The summed E-state index contributed by atoms with van der Waals surface area (Å²) in [5.41, 5.74) is 1.81. The van der Waals surface area contributed by atoms with Gasteiger partial charge in [0.25, 0.3) is 0 Å². The van der Waals surface area contributed by atoms with Gasteiger partial charge in [-0.05, 0) is 23.7 Å². The number of hydrogen-bond donors (Lipinski definition) is 1. The predicted octanol–water partition coefficient (Wildman–Crippen LogP) is 2.15. The predicted molar refractivity (Wildman–Crippen MR) is 72.3 cm³/mol. The van der Waals surface area contributed by atoms with E-state index in [0.717, 1.165) is 11.3 Å². The van der Waals surface area contributed by atoms with Crippen molar-refractivity contribution in [3.63, 3.8) is 0 Å². The largest absolute Gasteiger partial charge is 0.616 e. The third kappa shape index (κ3) is 3.83. The van der Waals surface area contributed by atoms with Crippen molar-refractivity contribution in [3.05, 3.63) is 41.4 Å². The molecule has 5 nitrogen and oxygen atoms in total. The normalized spacial score (nSPS) is 12.2. The molecule has 0 spiro atoms. The van der Waals surface area contributed by atoms with Gasteiger partial charge in [0.1, 0.15) is 12.1 Å². The minimum atomic E-state index is -0.865. The van der Waals surface area contributed by atoms with E-state index in [-0.39, 0.29) is 5.28 Å². The van der Waals surface area contributed by atoms with Crippen molar-refractivity contribution in [2.75, 3.05) is 11.6 Å². The van der Waals surface area contributed by atoms with Crippen LogP contribution in [-0.2, 0) is 16.9 Å². The van der Waals surface area contributed by atoms with Crippen LogP contribution in [0, 0.1) is 0 Å². The molecule has 1 atom stereocenters. The summed E-state index contributed by atoms with van der Waals surface area (Å²) in [7, 11) is 0. The average Bonchev–Trinajstić information content (AvgIpc) is 2.28. The maximum absolute atomic E-state index is 11.2. The van der Waals surface area contributed by atoms with E-state index in [1.807, 2.05) is 24.3 Å². The van der Waals surface area contributed by atoms with Crippen molar-refractivity contribution in [1.29, 1.82) is 0 Å². The lowest BCUT2D eigenvalue weighted by molar-refractivity contribution is 0.600. The smallest absolute Gasteiger partial charge is 0.231 e. The molecule has 0 aliphatic heterocycles. The third-order valence-corrected chi connectivity index (χ3v) is 3.02. The van der Waals surface area contributed by atoms with E-state index < -0.39 is 11.2 Å². The fourth-order valence-electron chi connectivity index (χ4n) is 1.44. The molecule has 1 N–H and O–H groups in total. The molecule has 2 rings (SSSR count). The van der Waals surface area contributed by atoms with Gasteiger partial charge in [0.05, 0.1) is 6.26 Å². The highest BCUT2D eigenvalue weighted by atomic mass is 35.5. The zero-order valence-electron chi connectivity index (χ0n) is 9.63. The number of nitrogens with one attached hydrogen (secondary N) is 1. The molecule has 0 saturated carbocycles. The van der Waals surface area contributed by atoms with Gasteiger partial charge in [-0.15, -0.1) is 0 Å². The van der Waals surface area contributed by atoms with Crippen LogP contribution in [0.5, 0.6) is 0 Å². The zero-order chi connectivity index (χ0) is 13.0. The molecule has 1 aromatic carbocycles. The fraction of sp³-hybridized carbons (Fsp3) is 0.182. The molecule has 0 radical (unpaired) electrons.